The Hall–Kier alpha value is -2.82. The van der Waals surface area contributed by atoms with Crippen molar-refractivity contribution in [1.82, 2.24) is 15.5 Å². The van der Waals surface area contributed by atoms with Gasteiger partial charge in [0.05, 0.1) is 12.1 Å². The number of nitrogens with two attached hydrogens (primary N) is 1. The second-order valence-corrected chi connectivity index (χ2v) is 10.4. The highest BCUT2D eigenvalue weighted by molar-refractivity contribution is 5.96. The summed E-state index contributed by atoms with van der Waals surface area (Å²) >= 11 is 0. The molecule has 1 saturated carbocycles. The number of benzene rings is 1. The van der Waals surface area contributed by atoms with Gasteiger partial charge in [-0.15, -0.1) is 0 Å². The molecule has 1 heterocycles. The minimum atomic E-state index is -4.54. The van der Waals surface area contributed by atoms with Gasteiger partial charge in [-0.25, -0.2) is 4.79 Å². The zero-order chi connectivity index (χ0) is 26.5. The average Bonchev–Trinajstić information content (AvgIpc) is 3.24. The Bertz CT molecular complexity index is 945. The lowest BCUT2D eigenvalue weighted by atomic mass is 9.79. The molecule has 0 unspecified atom stereocenters. The topological polar surface area (TPSA) is 114 Å². The lowest BCUT2D eigenvalue weighted by molar-refractivity contribution is -0.137. The van der Waals surface area contributed by atoms with Crippen molar-refractivity contribution in [3.05, 3.63) is 35.4 Å². The molecule has 1 aromatic rings. The molecule has 8 nitrogen and oxygen atoms in total. The van der Waals surface area contributed by atoms with Gasteiger partial charge >= 0.3 is 12.3 Å². The molecule has 1 saturated heterocycles. The third-order valence-electron chi connectivity index (χ3n) is 6.94. The van der Waals surface area contributed by atoms with Gasteiger partial charge in [0.25, 0.3) is 5.91 Å². The van der Waals surface area contributed by atoms with Crippen LogP contribution in [0.15, 0.2) is 24.3 Å². The maximum absolute atomic E-state index is 12.8. The number of primary amides is 1. The number of nitrogens with zero attached hydrogens (tertiary/aromatic N) is 1. The number of ether oxygens (including phenoxy) is 1. The van der Waals surface area contributed by atoms with E-state index in [0.717, 1.165) is 69.8 Å². The molecule has 11 heteroatoms. The summed E-state index contributed by atoms with van der Waals surface area (Å²) in [6.45, 7) is 5.03. The van der Waals surface area contributed by atoms with Gasteiger partial charge < -0.3 is 21.1 Å². The van der Waals surface area contributed by atoms with Crippen molar-refractivity contribution in [1.29, 1.82) is 0 Å². The number of carbonyl (C=O) groups is 3. The highest BCUT2D eigenvalue weighted by Crippen LogP contribution is 2.35. The Balaban J connectivity index is 1.38. The number of hydrogen-bond acceptors (Lipinski definition) is 5. The van der Waals surface area contributed by atoms with Gasteiger partial charge in [-0.2, -0.15) is 13.2 Å². The summed E-state index contributed by atoms with van der Waals surface area (Å²) in [4.78, 5) is 38.0. The summed E-state index contributed by atoms with van der Waals surface area (Å²) < 4.78 is 43.7. The number of rotatable bonds is 8. The van der Waals surface area contributed by atoms with Crippen molar-refractivity contribution >= 4 is 17.9 Å². The van der Waals surface area contributed by atoms with E-state index in [1.54, 1.807) is 0 Å². The van der Waals surface area contributed by atoms with Crippen molar-refractivity contribution in [3.8, 4) is 0 Å². The van der Waals surface area contributed by atoms with Crippen LogP contribution in [0.3, 0.4) is 0 Å². The van der Waals surface area contributed by atoms with Crippen LogP contribution in [-0.4, -0.2) is 60.1 Å². The molecule has 0 bridgehead atoms. The first-order valence-corrected chi connectivity index (χ1v) is 12.3. The third kappa shape index (κ3) is 8.11. The summed E-state index contributed by atoms with van der Waals surface area (Å²) in [5.41, 5.74) is 3.52. The zero-order valence-electron chi connectivity index (χ0n) is 20.7. The SMILES string of the molecule is CC(C)(CC1CCC(N2CC[C@@H](NC(=O)CNC(=O)c3cccc(C(F)(F)F)c3)C2)CC1)OC(N)=O. The molecule has 0 spiro atoms. The van der Waals surface area contributed by atoms with Crippen LogP contribution in [0.2, 0.25) is 0 Å². The third-order valence-corrected chi connectivity index (χ3v) is 6.94. The molecule has 0 radical (unpaired) electrons. The van der Waals surface area contributed by atoms with Crippen LogP contribution in [0.1, 0.15) is 68.3 Å². The fraction of sp³-hybridized carbons (Fsp3) is 0.640. The molecule has 4 N–H and O–H groups in total. The van der Waals surface area contributed by atoms with Crippen molar-refractivity contribution in [3.63, 3.8) is 0 Å². The van der Waals surface area contributed by atoms with Crippen molar-refractivity contribution in [2.75, 3.05) is 19.6 Å². The van der Waals surface area contributed by atoms with Crippen LogP contribution in [0.5, 0.6) is 0 Å². The summed E-state index contributed by atoms with van der Waals surface area (Å²) in [6.07, 6.45) is 0.401. The van der Waals surface area contributed by atoms with Crippen LogP contribution >= 0.6 is 0 Å². The largest absolute Gasteiger partial charge is 0.444 e. The maximum Gasteiger partial charge on any atom is 0.416 e. The van der Waals surface area contributed by atoms with E-state index in [0.29, 0.717) is 12.0 Å². The van der Waals surface area contributed by atoms with Crippen LogP contribution in [-0.2, 0) is 15.7 Å². The van der Waals surface area contributed by atoms with Gasteiger partial charge in [-0.1, -0.05) is 6.07 Å². The summed E-state index contributed by atoms with van der Waals surface area (Å²) in [7, 11) is 0. The Morgan fingerprint density at radius 3 is 2.44 bits per heavy atom. The van der Waals surface area contributed by atoms with Gasteiger partial charge in [-0.05, 0) is 76.5 Å². The molecule has 2 aliphatic rings. The molecule has 1 atom stereocenters. The van der Waals surface area contributed by atoms with E-state index >= 15 is 0 Å². The second-order valence-electron chi connectivity index (χ2n) is 10.4. The van der Waals surface area contributed by atoms with E-state index in [9.17, 15) is 27.6 Å². The summed E-state index contributed by atoms with van der Waals surface area (Å²) in [6, 6.07) is 4.49. The zero-order valence-corrected chi connectivity index (χ0v) is 20.7. The van der Waals surface area contributed by atoms with Gasteiger partial charge in [-0.3, -0.25) is 14.5 Å². The van der Waals surface area contributed by atoms with E-state index in [2.05, 4.69) is 15.5 Å². The number of nitrogens with one attached hydrogen (secondary N) is 2. The molecule has 200 valence electrons. The predicted molar refractivity (Wildman–Crippen MR) is 127 cm³/mol. The fourth-order valence-electron chi connectivity index (χ4n) is 5.34. The van der Waals surface area contributed by atoms with Crippen molar-refractivity contribution in [2.24, 2.45) is 11.7 Å². The molecule has 3 rings (SSSR count). The van der Waals surface area contributed by atoms with Crippen LogP contribution in [0, 0.1) is 5.92 Å². The lowest BCUT2D eigenvalue weighted by Crippen LogP contribution is -2.44. The first-order chi connectivity index (χ1) is 16.8. The minimum absolute atomic E-state index is 0.0383. The van der Waals surface area contributed by atoms with Crippen molar-refractivity contribution in [2.45, 2.75) is 76.2 Å². The Morgan fingerprint density at radius 1 is 1.11 bits per heavy atom. The van der Waals surface area contributed by atoms with Crippen molar-refractivity contribution < 1.29 is 32.3 Å². The predicted octanol–water partition coefficient (Wildman–Crippen LogP) is 3.45. The smallest absolute Gasteiger partial charge is 0.416 e. The highest BCUT2D eigenvalue weighted by Gasteiger charge is 2.34. The molecule has 1 aliphatic heterocycles. The number of carbonyl (C=O) groups excluding carboxylic acids is 3. The maximum atomic E-state index is 12.8. The molecule has 1 aromatic carbocycles. The average molecular weight is 513 g/mol. The first kappa shape index (κ1) is 27.8. The monoisotopic (exact) mass is 512 g/mol. The van der Waals surface area contributed by atoms with E-state index in [1.165, 1.54) is 6.07 Å². The normalized spacial score (nSPS) is 23.2. The first-order valence-electron chi connectivity index (χ1n) is 12.3. The van der Waals surface area contributed by atoms with E-state index in [-0.39, 0.29) is 24.1 Å². The number of hydrogen-bond donors (Lipinski definition) is 3. The molecular weight excluding hydrogens is 477 g/mol. The van der Waals surface area contributed by atoms with Gasteiger partial charge in [0.2, 0.25) is 5.91 Å². The highest BCUT2D eigenvalue weighted by atomic mass is 19.4. The van der Waals surface area contributed by atoms with Gasteiger partial charge in [0.1, 0.15) is 5.60 Å². The lowest BCUT2D eigenvalue weighted by Gasteiger charge is -2.37. The Morgan fingerprint density at radius 2 is 1.81 bits per heavy atom. The Labute approximate surface area is 209 Å². The number of alkyl halides is 3. The van der Waals surface area contributed by atoms with Crippen LogP contribution in [0.4, 0.5) is 18.0 Å². The number of likely N-dealkylation sites (tertiary alicyclic amines) is 1. The number of halogens is 3. The van der Waals surface area contributed by atoms with Gasteiger partial charge in [0, 0.05) is 30.7 Å². The quantitative estimate of drug-likeness (QED) is 0.494. The molecular formula is C25H35F3N4O4. The van der Waals surface area contributed by atoms with E-state index in [1.807, 2.05) is 13.8 Å². The van der Waals surface area contributed by atoms with E-state index < -0.39 is 29.3 Å². The van der Waals surface area contributed by atoms with Crippen LogP contribution < -0.4 is 16.4 Å². The molecule has 1 aliphatic carbocycles. The molecule has 3 amide bonds. The molecule has 0 aromatic heterocycles. The van der Waals surface area contributed by atoms with Crippen LogP contribution in [0.25, 0.3) is 0 Å². The molecule has 2 fully saturated rings. The number of amides is 3. The summed E-state index contributed by atoms with van der Waals surface area (Å²) in [5, 5.41) is 5.30. The van der Waals surface area contributed by atoms with E-state index in [4.69, 9.17) is 10.5 Å². The van der Waals surface area contributed by atoms with Gasteiger partial charge in [0.15, 0.2) is 0 Å². The summed E-state index contributed by atoms with van der Waals surface area (Å²) in [5.74, 6) is -0.637. The minimum Gasteiger partial charge on any atom is -0.444 e. The second kappa shape index (κ2) is 11.5. The standard InChI is InChI=1S/C25H35F3N4O4/c1-24(2,36-23(29)35)13-16-6-8-20(9-7-16)32-11-10-19(15-32)31-21(33)14-30-22(34)17-4-3-5-18(12-17)25(26,27)28/h3-5,12,16,19-20H,6-11,13-15H2,1-2H3,(H2,29,35)(H,30,34)(H,31,33)/t16?,19-,20?/m1/s1. The Kier molecular flexibility index (Phi) is 8.86. The fourth-order valence-corrected chi connectivity index (χ4v) is 5.34. The molecule has 36 heavy (non-hydrogen) atoms.